The highest BCUT2D eigenvalue weighted by molar-refractivity contribution is 6.34. The number of imidazole rings is 1. The van der Waals surface area contributed by atoms with Gasteiger partial charge >= 0.3 is 18.0 Å². The fourth-order valence-corrected chi connectivity index (χ4v) is 3.94. The first-order valence-electron chi connectivity index (χ1n) is 9.47. The first-order valence-corrected chi connectivity index (χ1v) is 10.2. The van der Waals surface area contributed by atoms with Crippen LogP contribution in [-0.2, 0) is 22.6 Å². The fraction of sp³-hybridized carbons (Fsp3) is 0.400. The second kappa shape index (κ2) is 10.5. The van der Waals surface area contributed by atoms with Crippen LogP contribution in [0.1, 0.15) is 31.5 Å². The van der Waals surface area contributed by atoms with Crippen molar-refractivity contribution in [2.45, 2.75) is 45.3 Å². The summed E-state index contributed by atoms with van der Waals surface area (Å²) in [6.45, 7) is 3.85. The molecule has 0 aliphatic rings. The molecule has 2 aromatic rings. The Hall–Kier alpha value is -2.78. The SMILES string of the molecule is CC(C)CC(C(=O)O)N(C(N)=O)C(Cc1cncn1Cc1cc(Cl)cc(Cl)c1)C(=O)O. The first kappa shape index (κ1) is 24.5. The van der Waals surface area contributed by atoms with Gasteiger partial charge in [0.1, 0.15) is 12.1 Å². The van der Waals surface area contributed by atoms with Gasteiger partial charge in [-0.05, 0) is 36.1 Å². The van der Waals surface area contributed by atoms with Crippen LogP contribution in [0.15, 0.2) is 30.7 Å². The number of carbonyl (C=O) groups excluding carboxylic acids is 1. The van der Waals surface area contributed by atoms with E-state index in [1.165, 1.54) is 12.5 Å². The van der Waals surface area contributed by atoms with Crippen LogP contribution in [0.2, 0.25) is 10.0 Å². The van der Waals surface area contributed by atoms with E-state index in [0.29, 0.717) is 22.3 Å². The highest BCUT2D eigenvalue weighted by Crippen LogP contribution is 2.22. The molecule has 1 aromatic carbocycles. The number of halogens is 2. The van der Waals surface area contributed by atoms with Crippen LogP contribution in [0.3, 0.4) is 0 Å². The average molecular weight is 471 g/mol. The van der Waals surface area contributed by atoms with Crippen LogP contribution >= 0.6 is 23.2 Å². The van der Waals surface area contributed by atoms with Gasteiger partial charge in [0.25, 0.3) is 0 Å². The number of rotatable bonds is 10. The van der Waals surface area contributed by atoms with Gasteiger partial charge in [0.05, 0.1) is 6.33 Å². The van der Waals surface area contributed by atoms with Crippen LogP contribution in [0.4, 0.5) is 4.79 Å². The van der Waals surface area contributed by atoms with Crippen molar-refractivity contribution in [2.75, 3.05) is 0 Å². The third-order valence-electron chi connectivity index (χ3n) is 4.67. The molecular weight excluding hydrogens is 447 g/mol. The van der Waals surface area contributed by atoms with E-state index in [9.17, 15) is 24.6 Å². The summed E-state index contributed by atoms with van der Waals surface area (Å²) >= 11 is 12.1. The molecule has 9 nitrogen and oxygen atoms in total. The van der Waals surface area contributed by atoms with E-state index in [4.69, 9.17) is 28.9 Å². The number of aromatic nitrogens is 2. The number of carboxylic acids is 2. The van der Waals surface area contributed by atoms with Crippen molar-refractivity contribution in [3.8, 4) is 0 Å². The monoisotopic (exact) mass is 470 g/mol. The van der Waals surface area contributed by atoms with Gasteiger partial charge in [-0.1, -0.05) is 37.0 Å². The summed E-state index contributed by atoms with van der Waals surface area (Å²) in [6.07, 6.45) is 2.83. The lowest BCUT2D eigenvalue weighted by Crippen LogP contribution is -2.57. The zero-order valence-corrected chi connectivity index (χ0v) is 18.5. The summed E-state index contributed by atoms with van der Waals surface area (Å²) in [6, 6.07) is 1.04. The molecule has 168 valence electrons. The Morgan fingerprint density at radius 3 is 2.16 bits per heavy atom. The smallest absolute Gasteiger partial charge is 0.326 e. The van der Waals surface area contributed by atoms with Gasteiger partial charge in [-0.2, -0.15) is 0 Å². The number of urea groups is 1. The molecule has 2 unspecified atom stereocenters. The molecule has 0 bridgehead atoms. The number of hydrogen-bond donors (Lipinski definition) is 3. The molecule has 0 fully saturated rings. The molecule has 11 heteroatoms. The van der Waals surface area contributed by atoms with Crippen molar-refractivity contribution in [1.82, 2.24) is 14.5 Å². The molecule has 1 aromatic heterocycles. The molecule has 0 radical (unpaired) electrons. The molecule has 0 aliphatic carbocycles. The maximum Gasteiger partial charge on any atom is 0.326 e. The molecule has 2 amide bonds. The van der Waals surface area contributed by atoms with Crippen molar-refractivity contribution in [3.63, 3.8) is 0 Å². The first-order chi connectivity index (χ1) is 14.5. The average Bonchev–Trinajstić information content (AvgIpc) is 3.05. The number of carbonyl (C=O) groups is 3. The lowest BCUT2D eigenvalue weighted by atomic mass is 9.99. The third kappa shape index (κ3) is 6.60. The fourth-order valence-electron chi connectivity index (χ4n) is 3.37. The second-order valence-corrected chi connectivity index (χ2v) is 8.45. The molecule has 2 atom stereocenters. The van der Waals surface area contributed by atoms with Gasteiger partial charge in [0.15, 0.2) is 0 Å². The minimum atomic E-state index is -1.49. The standard InChI is InChI=1S/C20H24Cl2N4O5/c1-11(2)3-16(18(27)28)26(20(23)31)17(19(29)30)7-15-8-24-10-25(15)9-12-4-13(21)6-14(22)5-12/h4-6,8,10-11,16-17H,3,7,9H2,1-2H3,(H2,23,31)(H,27,28)(H,29,30). The van der Waals surface area contributed by atoms with Crippen molar-refractivity contribution in [2.24, 2.45) is 11.7 Å². The van der Waals surface area contributed by atoms with Crippen molar-refractivity contribution >= 4 is 41.2 Å². The van der Waals surface area contributed by atoms with E-state index in [0.717, 1.165) is 10.5 Å². The van der Waals surface area contributed by atoms with Gasteiger partial charge in [-0.3, -0.25) is 4.90 Å². The Morgan fingerprint density at radius 1 is 1.10 bits per heavy atom. The summed E-state index contributed by atoms with van der Waals surface area (Å²) in [7, 11) is 0. The number of benzene rings is 1. The number of nitrogens with zero attached hydrogens (tertiary/aromatic N) is 3. The molecule has 0 spiro atoms. The summed E-state index contributed by atoms with van der Waals surface area (Å²) in [5, 5.41) is 20.3. The Kier molecular flexibility index (Phi) is 8.29. The van der Waals surface area contributed by atoms with E-state index in [1.54, 1.807) is 36.6 Å². The predicted octanol–water partition coefficient (Wildman–Crippen LogP) is 3.11. The highest BCUT2D eigenvalue weighted by atomic mass is 35.5. The molecule has 0 saturated heterocycles. The molecule has 0 aliphatic heterocycles. The van der Waals surface area contributed by atoms with Crippen molar-refractivity contribution in [3.05, 3.63) is 52.0 Å². The number of aliphatic carboxylic acids is 2. The minimum absolute atomic E-state index is 0.0579. The zero-order valence-electron chi connectivity index (χ0n) is 17.0. The Labute approximate surface area is 189 Å². The maximum atomic E-state index is 12.1. The lowest BCUT2D eigenvalue weighted by molar-refractivity contribution is -0.148. The van der Waals surface area contributed by atoms with E-state index >= 15 is 0 Å². The largest absolute Gasteiger partial charge is 0.480 e. The quantitative estimate of drug-likeness (QED) is 0.487. The van der Waals surface area contributed by atoms with Gasteiger partial charge in [0.2, 0.25) is 0 Å². The maximum absolute atomic E-state index is 12.1. The van der Waals surface area contributed by atoms with Gasteiger partial charge < -0.3 is 20.5 Å². The summed E-state index contributed by atoms with van der Waals surface area (Å²) in [5.74, 6) is -2.79. The number of primary amides is 1. The van der Waals surface area contributed by atoms with E-state index < -0.39 is 30.1 Å². The summed E-state index contributed by atoms with van der Waals surface area (Å²) < 4.78 is 1.68. The zero-order chi connectivity index (χ0) is 23.3. The lowest BCUT2D eigenvalue weighted by Gasteiger charge is -2.33. The summed E-state index contributed by atoms with van der Waals surface area (Å²) in [4.78, 5) is 40.7. The Bertz CT molecular complexity index is 943. The number of amides is 2. The third-order valence-corrected chi connectivity index (χ3v) is 5.10. The topological polar surface area (TPSA) is 139 Å². The summed E-state index contributed by atoms with van der Waals surface area (Å²) in [5.41, 5.74) is 6.66. The van der Waals surface area contributed by atoms with E-state index in [2.05, 4.69) is 4.98 Å². The molecule has 4 N–H and O–H groups in total. The van der Waals surface area contributed by atoms with Crippen LogP contribution in [0, 0.1) is 5.92 Å². The molecule has 0 saturated carbocycles. The molecule has 1 heterocycles. The molecular formula is C20H24Cl2N4O5. The van der Waals surface area contributed by atoms with Crippen LogP contribution < -0.4 is 5.73 Å². The van der Waals surface area contributed by atoms with Crippen molar-refractivity contribution in [1.29, 1.82) is 0 Å². The van der Waals surface area contributed by atoms with Crippen LogP contribution in [0.25, 0.3) is 0 Å². The normalized spacial score (nSPS) is 13.1. The van der Waals surface area contributed by atoms with Crippen LogP contribution in [0.5, 0.6) is 0 Å². The Morgan fingerprint density at radius 2 is 1.68 bits per heavy atom. The number of carboxylic acid groups (broad SMARTS) is 2. The van der Waals surface area contributed by atoms with Gasteiger partial charge in [-0.15, -0.1) is 0 Å². The van der Waals surface area contributed by atoms with E-state index in [1.807, 2.05) is 0 Å². The molecule has 31 heavy (non-hydrogen) atoms. The number of hydrogen-bond acceptors (Lipinski definition) is 4. The predicted molar refractivity (Wildman–Crippen MR) is 115 cm³/mol. The van der Waals surface area contributed by atoms with Gasteiger partial charge in [0, 0.05) is 34.9 Å². The number of nitrogens with two attached hydrogens (primary N) is 1. The van der Waals surface area contributed by atoms with Gasteiger partial charge in [-0.25, -0.2) is 19.4 Å². The minimum Gasteiger partial charge on any atom is -0.480 e. The van der Waals surface area contributed by atoms with Crippen molar-refractivity contribution < 1.29 is 24.6 Å². The highest BCUT2D eigenvalue weighted by Gasteiger charge is 2.38. The van der Waals surface area contributed by atoms with E-state index in [-0.39, 0.29) is 18.8 Å². The second-order valence-electron chi connectivity index (χ2n) is 7.58. The Balaban J connectivity index is 2.36. The van der Waals surface area contributed by atoms with Crippen LogP contribution in [-0.4, -0.2) is 54.7 Å². The molecule has 2 rings (SSSR count).